The second-order valence-corrected chi connectivity index (χ2v) is 4.78. The summed E-state index contributed by atoms with van der Waals surface area (Å²) in [5, 5.41) is 3.51. The third kappa shape index (κ3) is 2.80. The summed E-state index contributed by atoms with van der Waals surface area (Å²) in [7, 11) is 0. The number of hydrogen-bond donors (Lipinski definition) is 3. The van der Waals surface area contributed by atoms with Gasteiger partial charge < -0.3 is 21.7 Å². The summed E-state index contributed by atoms with van der Waals surface area (Å²) in [6.07, 6.45) is 0. The van der Waals surface area contributed by atoms with Gasteiger partial charge in [0.2, 0.25) is 5.91 Å². The van der Waals surface area contributed by atoms with Crippen LogP contribution in [0.25, 0.3) is 0 Å². The first-order valence-corrected chi connectivity index (χ1v) is 6.24. The van der Waals surface area contributed by atoms with E-state index < -0.39 is 17.9 Å². The Bertz CT molecular complexity index is 520. The van der Waals surface area contributed by atoms with Gasteiger partial charge in [-0.15, -0.1) is 0 Å². The average molecular weight is 283 g/mol. The van der Waals surface area contributed by atoms with Crippen LogP contribution in [0.4, 0.5) is 5.69 Å². The van der Waals surface area contributed by atoms with Crippen molar-refractivity contribution in [2.24, 2.45) is 11.5 Å². The van der Waals surface area contributed by atoms with E-state index in [1.165, 1.54) is 6.07 Å². The molecule has 2 rings (SSSR count). The Kier molecular flexibility index (Phi) is 3.92. The Hall–Kier alpha value is -1.79. The van der Waals surface area contributed by atoms with Crippen LogP contribution in [0.15, 0.2) is 18.2 Å². The molecule has 0 bridgehead atoms. The van der Waals surface area contributed by atoms with E-state index in [2.05, 4.69) is 5.32 Å². The minimum atomic E-state index is -0.584. The quantitative estimate of drug-likeness (QED) is 0.708. The van der Waals surface area contributed by atoms with Crippen molar-refractivity contribution in [2.75, 3.05) is 24.5 Å². The van der Waals surface area contributed by atoms with Crippen molar-refractivity contribution >= 4 is 29.1 Å². The van der Waals surface area contributed by atoms with Crippen LogP contribution in [-0.2, 0) is 4.79 Å². The van der Waals surface area contributed by atoms with Crippen molar-refractivity contribution in [1.29, 1.82) is 0 Å². The van der Waals surface area contributed by atoms with Gasteiger partial charge in [-0.3, -0.25) is 9.59 Å². The molecule has 19 heavy (non-hydrogen) atoms. The molecule has 1 aliphatic heterocycles. The Balaban J connectivity index is 2.44. The molecule has 2 amide bonds. The lowest BCUT2D eigenvalue weighted by atomic mass is 10.1. The van der Waals surface area contributed by atoms with Crippen molar-refractivity contribution in [3.63, 3.8) is 0 Å². The van der Waals surface area contributed by atoms with E-state index in [9.17, 15) is 9.59 Å². The number of piperazine rings is 1. The fraction of sp³-hybridized carbons (Fsp3) is 0.333. The molecule has 1 aromatic carbocycles. The van der Waals surface area contributed by atoms with Crippen LogP contribution in [0.2, 0.25) is 5.02 Å². The lowest BCUT2D eigenvalue weighted by Gasteiger charge is -2.36. The number of amides is 2. The molecule has 0 spiro atoms. The zero-order valence-corrected chi connectivity index (χ0v) is 11.0. The summed E-state index contributed by atoms with van der Waals surface area (Å²) in [6.45, 7) is 1.70. The van der Waals surface area contributed by atoms with Gasteiger partial charge in [-0.1, -0.05) is 11.6 Å². The van der Waals surface area contributed by atoms with Crippen LogP contribution in [0.1, 0.15) is 10.4 Å². The Morgan fingerprint density at radius 2 is 2.11 bits per heavy atom. The molecule has 0 aromatic heterocycles. The fourth-order valence-corrected chi connectivity index (χ4v) is 2.38. The van der Waals surface area contributed by atoms with E-state index in [4.69, 9.17) is 23.1 Å². The molecule has 1 fully saturated rings. The number of nitrogens with two attached hydrogens (primary N) is 2. The summed E-state index contributed by atoms with van der Waals surface area (Å²) in [5.41, 5.74) is 11.6. The first-order chi connectivity index (χ1) is 9.00. The molecule has 102 valence electrons. The number of benzene rings is 1. The summed E-state index contributed by atoms with van der Waals surface area (Å²) in [4.78, 5) is 24.8. The predicted molar refractivity (Wildman–Crippen MR) is 73.2 cm³/mol. The zero-order chi connectivity index (χ0) is 14.0. The number of carbonyl (C=O) groups excluding carboxylic acids is 2. The second kappa shape index (κ2) is 5.46. The normalized spacial score (nSPS) is 19.2. The summed E-state index contributed by atoms with van der Waals surface area (Å²) in [6, 6.07) is 4.33. The maximum Gasteiger partial charge on any atom is 0.250 e. The third-order valence-corrected chi connectivity index (χ3v) is 3.34. The molecule has 5 N–H and O–H groups in total. The number of carbonyl (C=O) groups is 2. The standard InChI is InChI=1S/C12H15ClN4O2/c13-7-1-2-9(8(5-7)11(14)18)17-4-3-16-6-10(17)12(15)19/h1-2,5,10,16H,3-4,6H2,(H2,14,18)(H2,15,19). The Morgan fingerprint density at radius 1 is 1.37 bits per heavy atom. The van der Waals surface area contributed by atoms with Crippen LogP contribution in [-0.4, -0.2) is 37.5 Å². The molecule has 0 saturated carbocycles. The van der Waals surface area contributed by atoms with Crippen molar-refractivity contribution in [3.05, 3.63) is 28.8 Å². The van der Waals surface area contributed by atoms with E-state index in [1.54, 1.807) is 17.0 Å². The van der Waals surface area contributed by atoms with Gasteiger partial charge in [0, 0.05) is 24.7 Å². The Morgan fingerprint density at radius 3 is 2.74 bits per heavy atom. The number of hydrogen-bond acceptors (Lipinski definition) is 4. The highest BCUT2D eigenvalue weighted by Crippen LogP contribution is 2.26. The van der Waals surface area contributed by atoms with Crippen molar-refractivity contribution in [1.82, 2.24) is 5.32 Å². The minimum Gasteiger partial charge on any atom is -0.368 e. The third-order valence-electron chi connectivity index (χ3n) is 3.11. The largest absolute Gasteiger partial charge is 0.368 e. The summed E-state index contributed by atoms with van der Waals surface area (Å²) >= 11 is 5.87. The number of primary amides is 2. The molecule has 1 atom stereocenters. The van der Waals surface area contributed by atoms with Gasteiger partial charge in [-0.2, -0.15) is 0 Å². The predicted octanol–water partition coefficient (Wildman–Crippen LogP) is -0.298. The molecular formula is C12H15ClN4O2. The number of anilines is 1. The fourth-order valence-electron chi connectivity index (χ4n) is 2.20. The van der Waals surface area contributed by atoms with Gasteiger partial charge in [-0.05, 0) is 18.2 Å². The van der Waals surface area contributed by atoms with Crippen molar-refractivity contribution in [3.8, 4) is 0 Å². The molecule has 1 aromatic rings. The molecule has 6 nitrogen and oxygen atoms in total. The molecule has 0 aliphatic carbocycles. The van der Waals surface area contributed by atoms with E-state index in [0.717, 1.165) is 0 Å². The molecule has 1 unspecified atom stereocenters. The topological polar surface area (TPSA) is 101 Å². The van der Waals surface area contributed by atoms with E-state index in [1.807, 2.05) is 0 Å². The van der Waals surface area contributed by atoms with Gasteiger partial charge in [-0.25, -0.2) is 0 Å². The number of rotatable bonds is 3. The monoisotopic (exact) mass is 282 g/mol. The maximum atomic E-state index is 11.5. The van der Waals surface area contributed by atoms with Crippen LogP contribution in [0.5, 0.6) is 0 Å². The van der Waals surface area contributed by atoms with Gasteiger partial charge >= 0.3 is 0 Å². The van der Waals surface area contributed by atoms with Crippen LogP contribution in [0.3, 0.4) is 0 Å². The van der Waals surface area contributed by atoms with Crippen LogP contribution in [0, 0.1) is 0 Å². The average Bonchev–Trinajstić information content (AvgIpc) is 2.38. The highest BCUT2D eigenvalue weighted by molar-refractivity contribution is 6.31. The van der Waals surface area contributed by atoms with Crippen molar-refractivity contribution in [2.45, 2.75) is 6.04 Å². The lowest BCUT2D eigenvalue weighted by Crippen LogP contribution is -2.57. The molecular weight excluding hydrogens is 268 g/mol. The highest BCUT2D eigenvalue weighted by atomic mass is 35.5. The first kappa shape index (κ1) is 13.6. The van der Waals surface area contributed by atoms with Gasteiger partial charge in [0.1, 0.15) is 6.04 Å². The number of halogens is 1. The molecule has 1 saturated heterocycles. The van der Waals surface area contributed by atoms with Crippen LogP contribution < -0.4 is 21.7 Å². The van der Waals surface area contributed by atoms with E-state index in [0.29, 0.717) is 35.9 Å². The number of nitrogens with one attached hydrogen (secondary N) is 1. The van der Waals surface area contributed by atoms with Crippen molar-refractivity contribution < 1.29 is 9.59 Å². The molecule has 1 aliphatic rings. The van der Waals surface area contributed by atoms with Crippen LogP contribution >= 0.6 is 11.6 Å². The molecule has 7 heteroatoms. The minimum absolute atomic E-state index is 0.292. The second-order valence-electron chi connectivity index (χ2n) is 4.34. The van der Waals surface area contributed by atoms with E-state index >= 15 is 0 Å². The maximum absolute atomic E-state index is 11.5. The lowest BCUT2D eigenvalue weighted by molar-refractivity contribution is -0.119. The number of nitrogens with zero attached hydrogens (tertiary/aromatic N) is 1. The summed E-state index contributed by atoms with van der Waals surface area (Å²) < 4.78 is 0. The zero-order valence-electron chi connectivity index (χ0n) is 10.2. The molecule has 0 radical (unpaired) electrons. The Labute approximate surface area is 115 Å². The van der Waals surface area contributed by atoms with Gasteiger partial charge in [0.25, 0.3) is 5.91 Å². The summed E-state index contributed by atoms with van der Waals surface area (Å²) in [5.74, 6) is -1.03. The van der Waals surface area contributed by atoms with Gasteiger partial charge in [0.15, 0.2) is 0 Å². The van der Waals surface area contributed by atoms with E-state index in [-0.39, 0.29) is 0 Å². The first-order valence-electron chi connectivity index (χ1n) is 5.86. The SMILES string of the molecule is NC(=O)c1cc(Cl)ccc1N1CCNCC1C(N)=O. The smallest absolute Gasteiger partial charge is 0.250 e. The van der Waals surface area contributed by atoms with Gasteiger partial charge in [0.05, 0.1) is 11.3 Å². The highest BCUT2D eigenvalue weighted by Gasteiger charge is 2.29. The molecule has 1 heterocycles.